The molecule has 3 saturated heterocycles. The summed E-state index contributed by atoms with van der Waals surface area (Å²) in [5.74, 6) is 1.81. The molecule has 1 aliphatic carbocycles. The zero-order valence-electron chi connectivity index (χ0n) is 25.7. The number of aryl methyl sites for hydroxylation is 3. The number of carbonyl (C=O) groups is 2. The predicted molar refractivity (Wildman–Crippen MR) is 178 cm³/mol. The van der Waals surface area contributed by atoms with E-state index in [0.717, 1.165) is 62.6 Å². The lowest BCUT2D eigenvalue weighted by Gasteiger charge is -2.35. The van der Waals surface area contributed by atoms with Crippen LogP contribution >= 0.6 is 31.9 Å². The van der Waals surface area contributed by atoms with Crippen LogP contribution < -0.4 is 0 Å². The van der Waals surface area contributed by atoms with Crippen LogP contribution in [0.2, 0.25) is 0 Å². The summed E-state index contributed by atoms with van der Waals surface area (Å²) in [6.45, 7) is 9.73. The number of hydrogen-bond donors (Lipinski definition) is 0. The highest BCUT2D eigenvalue weighted by Gasteiger charge is 2.35. The standard InChI is InChI=1S/C21H24Br2N2.C13H22N2O3/c1-13-9-15-3-4-16-11-17(22)12-24-21(16)20(19(15)18(23)10-13)14-5-7-25(2)8-6-14;16-8-3-12-1-4-14(5-2-12)11-13(17)15-6-9-18-10-7-15/h9-12,14,20H,3-8H2,1-2H3;8,12H,1-7,9-11H2. The molecule has 1 amide bonds. The van der Waals surface area contributed by atoms with Gasteiger partial charge in [-0.2, -0.15) is 0 Å². The SMILES string of the molecule is Cc1cc(Br)c2c(c1)CCc1cc(Br)cnc1C2C1CCN(C)CC1.O=CCC1CCN(CC(=O)N2CCOCC2)CC1. The molecule has 4 aliphatic rings. The second-order valence-corrected chi connectivity index (χ2v) is 14.5. The quantitative estimate of drug-likeness (QED) is 0.374. The lowest BCUT2D eigenvalue weighted by atomic mass is 9.76. The highest BCUT2D eigenvalue weighted by molar-refractivity contribution is 9.10. The highest BCUT2D eigenvalue weighted by atomic mass is 79.9. The summed E-state index contributed by atoms with van der Waals surface area (Å²) in [7, 11) is 2.24. The third-order valence-electron chi connectivity index (χ3n) is 9.69. The van der Waals surface area contributed by atoms with E-state index in [4.69, 9.17) is 9.72 Å². The van der Waals surface area contributed by atoms with Crippen molar-refractivity contribution in [3.05, 3.63) is 61.3 Å². The van der Waals surface area contributed by atoms with Crippen molar-refractivity contribution in [3.8, 4) is 0 Å². The van der Waals surface area contributed by atoms with E-state index < -0.39 is 0 Å². The third kappa shape index (κ3) is 8.54. The van der Waals surface area contributed by atoms with Crippen molar-refractivity contribution in [1.82, 2.24) is 19.7 Å². The molecule has 9 heteroatoms. The van der Waals surface area contributed by atoms with Crippen LogP contribution in [0.4, 0.5) is 0 Å². The van der Waals surface area contributed by atoms with E-state index in [-0.39, 0.29) is 5.91 Å². The van der Waals surface area contributed by atoms with Crippen molar-refractivity contribution < 1.29 is 14.3 Å². The van der Waals surface area contributed by atoms with Gasteiger partial charge in [-0.05, 0) is 141 Å². The molecule has 43 heavy (non-hydrogen) atoms. The summed E-state index contributed by atoms with van der Waals surface area (Å²) >= 11 is 7.53. The molecular formula is C34H46Br2N4O3. The Hall–Kier alpha value is -1.65. The van der Waals surface area contributed by atoms with Gasteiger partial charge in [0.05, 0.1) is 25.5 Å². The summed E-state index contributed by atoms with van der Waals surface area (Å²) in [6, 6.07) is 6.96. The first-order valence-electron chi connectivity index (χ1n) is 16.0. The van der Waals surface area contributed by atoms with Gasteiger partial charge < -0.3 is 19.3 Å². The molecule has 0 spiro atoms. The maximum atomic E-state index is 12.0. The van der Waals surface area contributed by atoms with Crippen molar-refractivity contribution in [1.29, 1.82) is 0 Å². The van der Waals surface area contributed by atoms with Crippen molar-refractivity contribution in [2.45, 2.75) is 57.8 Å². The van der Waals surface area contributed by atoms with Gasteiger partial charge in [0.15, 0.2) is 0 Å². The molecule has 4 heterocycles. The van der Waals surface area contributed by atoms with Crippen molar-refractivity contribution in [3.63, 3.8) is 0 Å². The van der Waals surface area contributed by atoms with E-state index in [1.54, 1.807) is 0 Å². The number of hydrogen-bond acceptors (Lipinski definition) is 6. The van der Waals surface area contributed by atoms with Crippen LogP contribution in [0.3, 0.4) is 0 Å². The number of ether oxygens (including phenoxy) is 1. The lowest BCUT2D eigenvalue weighted by molar-refractivity contribution is -0.136. The summed E-state index contributed by atoms with van der Waals surface area (Å²) in [4.78, 5) is 34.0. The number of amides is 1. The largest absolute Gasteiger partial charge is 0.378 e. The first-order chi connectivity index (χ1) is 20.8. The van der Waals surface area contributed by atoms with Crippen LogP contribution in [0.15, 0.2) is 33.3 Å². The number of halogens is 2. The molecule has 3 fully saturated rings. The molecule has 1 unspecified atom stereocenters. The fraction of sp³-hybridized carbons (Fsp3) is 0.618. The van der Waals surface area contributed by atoms with Crippen molar-refractivity contribution in [2.24, 2.45) is 11.8 Å². The number of benzene rings is 1. The van der Waals surface area contributed by atoms with E-state index in [1.165, 1.54) is 58.4 Å². The maximum Gasteiger partial charge on any atom is 0.236 e. The van der Waals surface area contributed by atoms with Crippen LogP contribution in [0.1, 0.15) is 66.0 Å². The van der Waals surface area contributed by atoms with E-state index in [0.29, 0.717) is 43.9 Å². The number of fused-ring (bicyclic) bond motifs is 2. The van der Waals surface area contributed by atoms with Gasteiger partial charge in [0.1, 0.15) is 6.29 Å². The normalized spacial score (nSPS) is 22.1. The Morgan fingerprint density at radius 1 is 0.977 bits per heavy atom. The minimum atomic E-state index is 0.215. The molecular weight excluding hydrogens is 672 g/mol. The number of aldehydes is 1. The van der Waals surface area contributed by atoms with Crippen LogP contribution in [0, 0.1) is 18.8 Å². The van der Waals surface area contributed by atoms with E-state index in [9.17, 15) is 9.59 Å². The molecule has 1 atom stereocenters. The van der Waals surface area contributed by atoms with Crippen LogP contribution in [0.25, 0.3) is 0 Å². The molecule has 0 N–H and O–H groups in total. The first kappa shape index (κ1) is 32.7. The van der Waals surface area contributed by atoms with Crippen LogP contribution in [-0.4, -0.2) is 98.0 Å². The van der Waals surface area contributed by atoms with E-state index in [2.05, 4.69) is 73.8 Å². The zero-order chi connectivity index (χ0) is 30.3. The lowest BCUT2D eigenvalue weighted by Crippen LogP contribution is -2.47. The van der Waals surface area contributed by atoms with Crippen molar-refractivity contribution in [2.75, 3.05) is 66.1 Å². The summed E-state index contributed by atoms with van der Waals surface area (Å²) < 4.78 is 7.60. The Kier molecular flexibility index (Phi) is 11.9. The summed E-state index contributed by atoms with van der Waals surface area (Å²) in [6.07, 6.45) is 10.4. The molecule has 0 radical (unpaired) electrons. The Bertz CT molecular complexity index is 1250. The molecule has 0 saturated carbocycles. The van der Waals surface area contributed by atoms with Crippen LogP contribution in [-0.2, 0) is 27.2 Å². The number of rotatable bonds is 5. The number of carbonyl (C=O) groups excluding carboxylic acids is 2. The van der Waals surface area contributed by atoms with Gasteiger partial charge in [-0.25, -0.2) is 0 Å². The van der Waals surface area contributed by atoms with Gasteiger partial charge >= 0.3 is 0 Å². The van der Waals surface area contributed by atoms with Crippen molar-refractivity contribution >= 4 is 44.1 Å². The molecule has 1 aromatic carbocycles. The monoisotopic (exact) mass is 716 g/mol. The van der Waals surface area contributed by atoms with Gasteiger partial charge in [-0.3, -0.25) is 14.7 Å². The molecule has 2 aromatic rings. The minimum absolute atomic E-state index is 0.215. The Labute approximate surface area is 274 Å². The van der Waals surface area contributed by atoms with Gasteiger partial charge in [0.25, 0.3) is 0 Å². The smallest absolute Gasteiger partial charge is 0.236 e. The molecule has 234 valence electrons. The topological polar surface area (TPSA) is 66.0 Å². The summed E-state index contributed by atoms with van der Waals surface area (Å²) in [5, 5.41) is 0. The van der Waals surface area contributed by atoms with Gasteiger partial charge in [0.2, 0.25) is 5.91 Å². The number of piperidine rings is 2. The molecule has 3 aliphatic heterocycles. The minimum Gasteiger partial charge on any atom is -0.378 e. The number of pyridine rings is 1. The summed E-state index contributed by atoms with van der Waals surface area (Å²) in [5.41, 5.74) is 7.06. The molecule has 7 nitrogen and oxygen atoms in total. The Balaban J connectivity index is 0.000000181. The average molecular weight is 719 g/mol. The van der Waals surface area contributed by atoms with E-state index >= 15 is 0 Å². The second kappa shape index (κ2) is 15.6. The van der Waals surface area contributed by atoms with Gasteiger partial charge in [-0.1, -0.05) is 22.0 Å². The Morgan fingerprint density at radius 2 is 1.67 bits per heavy atom. The first-order valence-corrected chi connectivity index (χ1v) is 17.5. The number of likely N-dealkylation sites (tertiary alicyclic amines) is 2. The number of aromatic nitrogens is 1. The molecule has 1 aromatic heterocycles. The predicted octanol–water partition coefficient (Wildman–Crippen LogP) is 5.63. The fourth-order valence-corrected chi connectivity index (χ4v) is 8.44. The molecule has 6 rings (SSSR count). The third-order valence-corrected chi connectivity index (χ3v) is 10.8. The number of morpholine rings is 1. The van der Waals surface area contributed by atoms with Gasteiger partial charge in [-0.15, -0.1) is 0 Å². The molecule has 0 bridgehead atoms. The van der Waals surface area contributed by atoms with Crippen LogP contribution in [0.5, 0.6) is 0 Å². The second-order valence-electron chi connectivity index (χ2n) is 12.8. The highest BCUT2D eigenvalue weighted by Crippen LogP contribution is 2.45. The van der Waals surface area contributed by atoms with E-state index in [1.807, 2.05) is 11.1 Å². The maximum absolute atomic E-state index is 12.0. The van der Waals surface area contributed by atoms with Gasteiger partial charge in [0, 0.05) is 40.6 Å². The average Bonchev–Trinajstić information content (AvgIpc) is 3.16. The Morgan fingerprint density at radius 3 is 2.37 bits per heavy atom. The fourth-order valence-electron chi connectivity index (χ4n) is 7.20. The number of nitrogens with zero attached hydrogens (tertiary/aromatic N) is 4. The zero-order valence-corrected chi connectivity index (χ0v) is 28.9.